The van der Waals surface area contributed by atoms with Gasteiger partial charge in [-0.2, -0.15) is 11.8 Å². The van der Waals surface area contributed by atoms with E-state index in [2.05, 4.69) is 49.7 Å². The number of hydrogen-bond donors (Lipinski definition) is 1. The van der Waals surface area contributed by atoms with E-state index in [9.17, 15) is 0 Å². The number of hydrogen-bond acceptors (Lipinski definition) is 3. The molecule has 2 nitrogen and oxygen atoms in total. The van der Waals surface area contributed by atoms with Crippen LogP contribution in [0.1, 0.15) is 47.0 Å². The second kappa shape index (κ2) is 5.50. The average molecular weight is 256 g/mol. The highest BCUT2D eigenvalue weighted by Gasteiger charge is 2.37. The molecule has 17 heavy (non-hydrogen) atoms. The predicted octanol–water partition coefficient (Wildman–Crippen LogP) is 2.73. The monoisotopic (exact) mass is 256 g/mol. The van der Waals surface area contributed by atoms with Crippen LogP contribution in [0.3, 0.4) is 0 Å². The number of nitrogens with one attached hydrogen (secondary N) is 1. The molecule has 0 aromatic carbocycles. The summed E-state index contributed by atoms with van der Waals surface area (Å²) < 4.78 is 0. The van der Waals surface area contributed by atoms with Crippen molar-refractivity contribution >= 4 is 11.8 Å². The summed E-state index contributed by atoms with van der Waals surface area (Å²) in [5.74, 6) is 1.28. The molecule has 2 aliphatic rings. The summed E-state index contributed by atoms with van der Waals surface area (Å²) in [5.41, 5.74) is 0.294. The number of nitrogens with zero attached hydrogens (tertiary/aromatic N) is 1. The zero-order valence-corrected chi connectivity index (χ0v) is 12.6. The largest absolute Gasteiger partial charge is 0.309 e. The summed E-state index contributed by atoms with van der Waals surface area (Å²) in [7, 11) is 0. The highest BCUT2D eigenvalue weighted by Crippen LogP contribution is 2.34. The standard InChI is InChI=1S/C14H28N2S/c1-5-17-13-7-6-12(8-13)16-10-14(3,4)15-9-11(16)2/h11-13,15H,5-10H2,1-4H3. The van der Waals surface area contributed by atoms with Gasteiger partial charge < -0.3 is 5.32 Å². The van der Waals surface area contributed by atoms with Crippen LogP contribution in [-0.4, -0.2) is 46.6 Å². The smallest absolute Gasteiger partial charge is 0.0253 e. The summed E-state index contributed by atoms with van der Waals surface area (Å²) >= 11 is 2.17. The fraction of sp³-hybridized carbons (Fsp3) is 1.00. The molecular formula is C14H28N2S. The van der Waals surface area contributed by atoms with Gasteiger partial charge in [0.15, 0.2) is 0 Å². The molecule has 0 amide bonds. The minimum Gasteiger partial charge on any atom is -0.309 e. The molecule has 1 N–H and O–H groups in total. The van der Waals surface area contributed by atoms with E-state index in [1.54, 1.807) is 0 Å². The Hall–Kier alpha value is 0.270. The maximum atomic E-state index is 3.65. The molecular weight excluding hydrogens is 228 g/mol. The lowest BCUT2D eigenvalue weighted by Crippen LogP contribution is -2.62. The van der Waals surface area contributed by atoms with E-state index in [0.29, 0.717) is 11.6 Å². The Balaban J connectivity index is 1.92. The maximum Gasteiger partial charge on any atom is 0.0253 e. The SMILES string of the molecule is CCSC1CCC(N2CC(C)(C)NCC2C)C1. The van der Waals surface area contributed by atoms with Crippen molar-refractivity contribution in [2.45, 2.75) is 69.8 Å². The van der Waals surface area contributed by atoms with Crippen LogP contribution >= 0.6 is 11.8 Å². The van der Waals surface area contributed by atoms with Gasteiger partial charge in [-0.25, -0.2) is 0 Å². The number of piperazine rings is 1. The Morgan fingerprint density at radius 3 is 2.82 bits per heavy atom. The van der Waals surface area contributed by atoms with Crippen molar-refractivity contribution in [1.82, 2.24) is 10.2 Å². The molecule has 1 heterocycles. The number of thioether (sulfide) groups is 1. The van der Waals surface area contributed by atoms with Gasteiger partial charge in [0, 0.05) is 36.0 Å². The lowest BCUT2D eigenvalue weighted by Gasteiger charge is -2.46. The Labute approximate surface area is 111 Å². The summed E-state index contributed by atoms with van der Waals surface area (Å²) in [6.45, 7) is 11.7. The Kier molecular flexibility index (Phi) is 4.43. The first-order valence-corrected chi connectivity index (χ1v) is 8.19. The van der Waals surface area contributed by atoms with Gasteiger partial charge in [0.1, 0.15) is 0 Å². The molecule has 3 unspecified atom stereocenters. The lowest BCUT2D eigenvalue weighted by atomic mass is 9.97. The highest BCUT2D eigenvalue weighted by atomic mass is 32.2. The van der Waals surface area contributed by atoms with Crippen LogP contribution in [0.4, 0.5) is 0 Å². The molecule has 0 spiro atoms. The quantitative estimate of drug-likeness (QED) is 0.836. The van der Waals surface area contributed by atoms with Crippen molar-refractivity contribution in [2.24, 2.45) is 0 Å². The molecule has 0 aromatic heterocycles. The molecule has 0 bridgehead atoms. The third-order valence-electron chi connectivity index (χ3n) is 4.25. The zero-order valence-electron chi connectivity index (χ0n) is 11.8. The Bertz CT molecular complexity index is 255. The fourth-order valence-corrected chi connectivity index (χ4v) is 4.44. The molecule has 1 aliphatic heterocycles. The maximum absolute atomic E-state index is 3.65. The molecule has 0 radical (unpaired) electrons. The molecule has 2 fully saturated rings. The van der Waals surface area contributed by atoms with E-state index in [4.69, 9.17) is 0 Å². The van der Waals surface area contributed by atoms with Gasteiger partial charge >= 0.3 is 0 Å². The predicted molar refractivity (Wildman–Crippen MR) is 77.8 cm³/mol. The number of rotatable bonds is 3. The third kappa shape index (κ3) is 3.39. The lowest BCUT2D eigenvalue weighted by molar-refractivity contribution is 0.0648. The first-order chi connectivity index (χ1) is 8.02. The second-order valence-electron chi connectivity index (χ2n) is 6.33. The zero-order chi connectivity index (χ0) is 12.5. The van der Waals surface area contributed by atoms with Crippen LogP contribution in [0.15, 0.2) is 0 Å². The van der Waals surface area contributed by atoms with Crippen molar-refractivity contribution in [2.75, 3.05) is 18.8 Å². The molecule has 3 atom stereocenters. The first-order valence-electron chi connectivity index (χ1n) is 7.14. The van der Waals surface area contributed by atoms with Crippen LogP contribution in [0.25, 0.3) is 0 Å². The molecule has 2 rings (SSSR count). The van der Waals surface area contributed by atoms with Crippen LogP contribution in [0, 0.1) is 0 Å². The van der Waals surface area contributed by atoms with Gasteiger partial charge in [-0.15, -0.1) is 0 Å². The molecule has 3 heteroatoms. The van der Waals surface area contributed by atoms with Crippen LogP contribution < -0.4 is 5.32 Å². The summed E-state index contributed by atoms with van der Waals surface area (Å²) in [5, 5.41) is 4.58. The van der Waals surface area contributed by atoms with Gasteiger partial charge in [0.2, 0.25) is 0 Å². The molecule has 1 saturated heterocycles. The second-order valence-corrected chi connectivity index (χ2v) is 7.91. The van der Waals surface area contributed by atoms with E-state index in [1.807, 2.05) is 0 Å². The highest BCUT2D eigenvalue weighted by molar-refractivity contribution is 7.99. The van der Waals surface area contributed by atoms with Crippen LogP contribution in [-0.2, 0) is 0 Å². The topological polar surface area (TPSA) is 15.3 Å². The van der Waals surface area contributed by atoms with Gasteiger partial charge in [-0.1, -0.05) is 6.92 Å². The Morgan fingerprint density at radius 2 is 2.12 bits per heavy atom. The van der Waals surface area contributed by atoms with E-state index in [0.717, 1.165) is 17.8 Å². The van der Waals surface area contributed by atoms with Crippen molar-refractivity contribution < 1.29 is 0 Å². The van der Waals surface area contributed by atoms with Gasteiger partial charge in [0.05, 0.1) is 0 Å². The summed E-state index contributed by atoms with van der Waals surface area (Å²) in [4.78, 5) is 2.77. The fourth-order valence-electron chi connectivity index (χ4n) is 3.30. The van der Waals surface area contributed by atoms with Crippen LogP contribution in [0.2, 0.25) is 0 Å². The normalized spacial score (nSPS) is 38.5. The minimum atomic E-state index is 0.294. The third-order valence-corrected chi connectivity index (χ3v) is 5.48. The van der Waals surface area contributed by atoms with Crippen molar-refractivity contribution in [3.05, 3.63) is 0 Å². The van der Waals surface area contributed by atoms with E-state index in [-0.39, 0.29) is 0 Å². The van der Waals surface area contributed by atoms with Crippen molar-refractivity contribution in [3.63, 3.8) is 0 Å². The van der Waals surface area contributed by atoms with Gasteiger partial charge in [-0.3, -0.25) is 4.90 Å². The van der Waals surface area contributed by atoms with Crippen molar-refractivity contribution in [1.29, 1.82) is 0 Å². The van der Waals surface area contributed by atoms with Gasteiger partial charge in [0.25, 0.3) is 0 Å². The molecule has 100 valence electrons. The molecule has 1 aliphatic carbocycles. The van der Waals surface area contributed by atoms with Gasteiger partial charge in [-0.05, 0) is 45.8 Å². The van der Waals surface area contributed by atoms with E-state index in [1.165, 1.54) is 31.6 Å². The van der Waals surface area contributed by atoms with Crippen molar-refractivity contribution in [3.8, 4) is 0 Å². The average Bonchev–Trinajstić information content (AvgIpc) is 2.71. The molecule has 0 aromatic rings. The summed E-state index contributed by atoms with van der Waals surface area (Å²) in [6, 6.07) is 1.55. The minimum absolute atomic E-state index is 0.294. The Morgan fingerprint density at radius 1 is 1.35 bits per heavy atom. The first kappa shape index (κ1) is 13.7. The summed E-state index contributed by atoms with van der Waals surface area (Å²) in [6.07, 6.45) is 4.26. The molecule has 1 saturated carbocycles. The van der Waals surface area contributed by atoms with E-state index < -0.39 is 0 Å². The van der Waals surface area contributed by atoms with Crippen LogP contribution in [0.5, 0.6) is 0 Å². The van der Waals surface area contributed by atoms with E-state index >= 15 is 0 Å².